The lowest BCUT2D eigenvalue weighted by Crippen LogP contribution is -2.09. The van der Waals surface area contributed by atoms with Gasteiger partial charge in [0.1, 0.15) is 6.61 Å². The lowest BCUT2D eigenvalue weighted by Gasteiger charge is -2.02. The summed E-state index contributed by atoms with van der Waals surface area (Å²) in [5.74, 6) is -0.0225. The number of carbonyl (C=O) groups excluding carboxylic acids is 1. The molecule has 76 valence electrons. The van der Waals surface area contributed by atoms with Crippen LogP contribution in [0.3, 0.4) is 0 Å². The first-order valence-corrected chi connectivity index (χ1v) is 4.70. The minimum atomic E-state index is -0.0225. The maximum atomic E-state index is 11.5. The minimum Gasteiger partial charge on any atom is -0.399 e. The van der Waals surface area contributed by atoms with Crippen molar-refractivity contribution in [3.05, 3.63) is 29.8 Å². The highest BCUT2D eigenvalue weighted by Gasteiger charge is 2.05. The molecule has 0 unspecified atom stereocenters. The molecule has 0 spiro atoms. The van der Waals surface area contributed by atoms with E-state index in [2.05, 4.69) is 0 Å². The van der Waals surface area contributed by atoms with Gasteiger partial charge in [-0.25, -0.2) is 0 Å². The van der Waals surface area contributed by atoms with Gasteiger partial charge in [-0.15, -0.1) is 0 Å². The van der Waals surface area contributed by atoms with E-state index in [1.165, 1.54) is 0 Å². The highest BCUT2D eigenvalue weighted by atomic mass is 16.5. The van der Waals surface area contributed by atoms with Gasteiger partial charge >= 0.3 is 0 Å². The maximum Gasteiger partial charge on any atom is 0.188 e. The number of anilines is 1. The number of ether oxygens (including phenoxy) is 1. The van der Waals surface area contributed by atoms with Gasteiger partial charge in [-0.05, 0) is 18.6 Å². The largest absolute Gasteiger partial charge is 0.399 e. The van der Waals surface area contributed by atoms with E-state index in [1.807, 2.05) is 6.92 Å². The van der Waals surface area contributed by atoms with E-state index in [4.69, 9.17) is 10.5 Å². The van der Waals surface area contributed by atoms with Crippen LogP contribution in [0.4, 0.5) is 5.69 Å². The smallest absolute Gasteiger partial charge is 0.188 e. The molecule has 0 radical (unpaired) electrons. The van der Waals surface area contributed by atoms with Crippen LogP contribution in [0.1, 0.15) is 23.7 Å². The van der Waals surface area contributed by atoms with Gasteiger partial charge in [0.2, 0.25) is 0 Å². The molecule has 0 bridgehead atoms. The van der Waals surface area contributed by atoms with Crippen molar-refractivity contribution < 1.29 is 9.53 Å². The molecule has 14 heavy (non-hydrogen) atoms. The molecule has 0 fully saturated rings. The Morgan fingerprint density at radius 3 is 2.93 bits per heavy atom. The summed E-state index contributed by atoms with van der Waals surface area (Å²) in [5.41, 5.74) is 6.77. The Morgan fingerprint density at radius 2 is 2.29 bits per heavy atom. The van der Waals surface area contributed by atoms with Crippen molar-refractivity contribution in [2.45, 2.75) is 13.3 Å². The number of carbonyl (C=O) groups is 1. The molecule has 1 aromatic carbocycles. The van der Waals surface area contributed by atoms with Crippen LogP contribution in [-0.2, 0) is 4.74 Å². The van der Waals surface area contributed by atoms with Crippen LogP contribution in [0.25, 0.3) is 0 Å². The molecule has 0 saturated carbocycles. The topological polar surface area (TPSA) is 52.3 Å². The monoisotopic (exact) mass is 193 g/mol. The van der Waals surface area contributed by atoms with Crippen LogP contribution in [0.15, 0.2) is 24.3 Å². The maximum absolute atomic E-state index is 11.5. The van der Waals surface area contributed by atoms with E-state index in [1.54, 1.807) is 24.3 Å². The fourth-order valence-electron chi connectivity index (χ4n) is 1.10. The average Bonchev–Trinajstić information content (AvgIpc) is 2.18. The first kappa shape index (κ1) is 10.7. The standard InChI is InChI=1S/C11H15NO2/c1-2-6-14-8-11(13)9-4-3-5-10(12)7-9/h3-5,7H,2,6,8,12H2,1H3. The SMILES string of the molecule is CCCOCC(=O)c1cccc(N)c1. The number of nitrogens with two attached hydrogens (primary N) is 1. The average molecular weight is 193 g/mol. The van der Waals surface area contributed by atoms with E-state index in [9.17, 15) is 4.79 Å². The molecule has 0 aromatic heterocycles. The second kappa shape index (κ2) is 5.40. The van der Waals surface area contributed by atoms with Crippen LogP contribution in [-0.4, -0.2) is 19.0 Å². The third-order valence-electron chi connectivity index (χ3n) is 1.79. The number of hydrogen-bond acceptors (Lipinski definition) is 3. The highest BCUT2D eigenvalue weighted by molar-refractivity contribution is 5.97. The number of ketones is 1. The Hall–Kier alpha value is -1.35. The third kappa shape index (κ3) is 3.18. The van der Waals surface area contributed by atoms with E-state index in [-0.39, 0.29) is 12.4 Å². The Bertz CT molecular complexity index is 310. The highest BCUT2D eigenvalue weighted by Crippen LogP contribution is 2.07. The first-order chi connectivity index (χ1) is 6.74. The number of nitrogen functional groups attached to an aromatic ring is 1. The molecular formula is C11H15NO2. The van der Waals surface area contributed by atoms with E-state index in [0.717, 1.165) is 6.42 Å². The van der Waals surface area contributed by atoms with Gasteiger partial charge in [-0.1, -0.05) is 19.1 Å². The van der Waals surface area contributed by atoms with Crippen LogP contribution in [0.5, 0.6) is 0 Å². The van der Waals surface area contributed by atoms with Crippen LogP contribution in [0, 0.1) is 0 Å². The van der Waals surface area contributed by atoms with Gasteiger partial charge in [0.05, 0.1) is 0 Å². The molecule has 0 saturated heterocycles. The zero-order chi connectivity index (χ0) is 10.4. The Labute approximate surface area is 83.9 Å². The fraction of sp³-hybridized carbons (Fsp3) is 0.364. The fourth-order valence-corrected chi connectivity index (χ4v) is 1.10. The molecule has 2 N–H and O–H groups in total. The summed E-state index contributed by atoms with van der Waals surface area (Å²) in [6.45, 7) is 2.76. The molecule has 1 rings (SSSR count). The Balaban J connectivity index is 2.52. The Kier molecular flexibility index (Phi) is 4.13. The van der Waals surface area contributed by atoms with Gasteiger partial charge in [0.15, 0.2) is 5.78 Å². The van der Waals surface area contributed by atoms with Gasteiger partial charge in [0.25, 0.3) is 0 Å². The molecule has 0 aliphatic rings. The summed E-state index contributed by atoms with van der Waals surface area (Å²) in [6, 6.07) is 6.93. The lowest BCUT2D eigenvalue weighted by molar-refractivity contribution is 0.0761. The second-order valence-electron chi connectivity index (χ2n) is 3.10. The van der Waals surface area contributed by atoms with Crippen molar-refractivity contribution in [2.24, 2.45) is 0 Å². The quantitative estimate of drug-likeness (QED) is 0.441. The summed E-state index contributed by atoms with van der Waals surface area (Å²) in [4.78, 5) is 11.5. The second-order valence-corrected chi connectivity index (χ2v) is 3.10. The van der Waals surface area contributed by atoms with Gasteiger partial charge in [0, 0.05) is 17.9 Å². The molecule has 0 amide bonds. The van der Waals surface area contributed by atoms with Crippen molar-refractivity contribution in [2.75, 3.05) is 18.9 Å². The lowest BCUT2D eigenvalue weighted by atomic mass is 10.1. The van der Waals surface area contributed by atoms with Gasteiger partial charge in [-0.3, -0.25) is 4.79 Å². The van der Waals surface area contributed by atoms with E-state index < -0.39 is 0 Å². The van der Waals surface area contributed by atoms with Crippen molar-refractivity contribution in [1.82, 2.24) is 0 Å². The molecule has 3 nitrogen and oxygen atoms in total. The molecule has 0 aliphatic carbocycles. The first-order valence-electron chi connectivity index (χ1n) is 4.70. The number of Topliss-reactive ketones (excluding diaryl/α,β-unsaturated/α-hetero) is 1. The molecule has 3 heteroatoms. The van der Waals surface area contributed by atoms with Crippen LogP contribution >= 0.6 is 0 Å². The van der Waals surface area contributed by atoms with Crippen LogP contribution in [0.2, 0.25) is 0 Å². The van der Waals surface area contributed by atoms with Gasteiger partial charge in [-0.2, -0.15) is 0 Å². The Morgan fingerprint density at radius 1 is 1.50 bits per heavy atom. The summed E-state index contributed by atoms with van der Waals surface area (Å²) in [6.07, 6.45) is 0.921. The van der Waals surface area contributed by atoms with Crippen LogP contribution < -0.4 is 5.73 Å². The van der Waals surface area contributed by atoms with Crippen molar-refractivity contribution in [1.29, 1.82) is 0 Å². The van der Waals surface area contributed by atoms with E-state index in [0.29, 0.717) is 17.9 Å². The van der Waals surface area contributed by atoms with Gasteiger partial charge < -0.3 is 10.5 Å². The predicted octanol–water partition coefficient (Wildman–Crippen LogP) is 1.88. The summed E-state index contributed by atoms with van der Waals surface area (Å²) < 4.78 is 5.15. The summed E-state index contributed by atoms with van der Waals surface area (Å²) in [7, 11) is 0. The molecule has 0 aliphatic heterocycles. The summed E-state index contributed by atoms with van der Waals surface area (Å²) >= 11 is 0. The number of benzene rings is 1. The zero-order valence-corrected chi connectivity index (χ0v) is 8.32. The number of rotatable bonds is 5. The van der Waals surface area contributed by atoms with Crippen molar-refractivity contribution >= 4 is 11.5 Å². The predicted molar refractivity (Wildman–Crippen MR) is 56.3 cm³/mol. The molecular weight excluding hydrogens is 178 g/mol. The van der Waals surface area contributed by atoms with Crippen molar-refractivity contribution in [3.8, 4) is 0 Å². The molecule has 0 heterocycles. The summed E-state index contributed by atoms with van der Waals surface area (Å²) in [5, 5.41) is 0. The molecule has 0 atom stereocenters. The van der Waals surface area contributed by atoms with E-state index >= 15 is 0 Å². The van der Waals surface area contributed by atoms with Crippen molar-refractivity contribution in [3.63, 3.8) is 0 Å². The third-order valence-corrected chi connectivity index (χ3v) is 1.79. The molecule has 1 aromatic rings. The normalized spacial score (nSPS) is 10.1. The zero-order valence-electron chi connectivity index (χ0n) is 8.32. The number of hydrogen-bond donors (Lipinski definition) is 1. The minimum absolute atomic E-state index is 0.0225.